The molecule has 2 fully saturated rings. The molecule has 0 aromatic carbocycles. The van der Waals surface area contributed by atoms with Crippen molar-refractivity contribution in [3.63, 3.8) is 0 Å². The summed E-state index contributed by atoms with van der Waals surface area (Å²) in [5, 5.41) is 16.4. The summed E-state index contributed by atoms with van der Waals surface area (Å²) in [5.41, 5.74) is 0. The molecule has 0 radical (unpaired) electrons. The molecule has 86 valence electrons. The molecule has 1 saturated heterocycles. The molecule has 0 bridgehead atoms. The van der Waals surface area contributed by atoms with E-state index in [1.165, 1.54) is 44.9 Å². The summed E-state index contributed by atoms with van der Waals surface area (Å²) in [6, 6.07) is 0. The van der Waals surface area contributed by atoms with E-state index in [0.29, 0.717) is 5.92 Å². The van der Waals surface area contributed by atoms with Gasteiger partial charge in [0.25, 0.3) is 0 Å². The van der Waals surface area contributed by atoms with Gasteiger partial charge in [-0.25, -0.2) is 0 Å². The molecule has 0 aromatic heterocycles. The molecule has 1 saturated carbocycles. The largest absolute Gasteiger partial charge is 0.387 e. The summed E-state index contributed by atoms with van der Waals surface area (Å²) in [5.74, 6) is 0.463. The maximum Gasteiger partial charge on any atom is 0.0936 e. The van der Waals surface area contributed by atoms with Crippen LogP contribution >= 0.6 is 0 Å². The van der Waals surface area contributed by atoms with Crippen LogP contribution in [0.2, 0.25) is 0 Å². The summed E-state index contributed by atoms with van der Waals surface area (Å²) >= 11 is 0. The average molecular weight is 210 g/mol. The molecule has 1 aliphatic heterocycles. The van der Waals surface area contributed by atoms with Crippen LogP contribution in [0, 0.1) is 5.92 Å². The van der Waals surface area contributed by atoms with Crippen LogP contribution in [-0.2, 0) is 0 Å². The summed E-state index contributed by atoms with van der Waals surface area (Å²) in [6.45, 7) is 2.13. The lowest BCUT2D eigenvalue weighted by Crippen LogP contribution is -2.25. The van der Waals surface area contributed by atoms with Gasteiger partial charge in [-0.3, -0.25) is 5.01 Å². The van der Waals surface area contributed by atoms with Gasteiger partial charge in [0.1, 0.15) is 0 Å². The van der Waals surface area contributed by atoms with Gasteiger partial charge in [0.2, 0.25) is 0 Å². The van der Waals surface area contributed by atoms with Gasteiger partial charge in [-0.2, -0.15) is 5.10 Å². The van der Waals surface area contributed by atoms with E-state index in [9.17, 15) is 5.11 Å². The third-order valence-electron chi connectivity index (χ3n) is 3.60. The minimum Gasteiger partial charge on any atom is -0.387 e. The van der Waals surface area contributed by atoms with E-state index in [0.717, 1.165) is 13.1 Å². The first-order valence-corrected chi connectivity index (χ1v) is 6.33. The van der Waals surface area contributed by atoms with Crippen molar-refractivity contribution in [1.82, 2.24) is 5.01 Å². The Bertz CT molecular complexity index is 206. The first-order valence-electron chi connectivity index (χ1n) is 6.33. The zero-order valence-electron chi connectivity index (χ0n) is 9.44. The van der Waals surface area contributed by atoms with Crippen molar-refractivity contribution < 1.29 is 5.11 Å². The fourth-order valence-corrected chi connectivity index (χ4v) is 2.58. The van der Waals surface area contributed by atoms with Crippen molar-refractivity contribution in [2.45, 2.75) is 51.0 Å². The summed E-state index contributed by atoms with van der Waals surface area (Å²) in [7, 11) is 0. The van der Waals surface area contributed by atoms with Crippen LogP contribution in [-0.4, -0.2) is 35.5 Å². The van der Waals surface area contributed by atoms with Gasteiger partial charge < -0.3 is 5.11 Å². The van der Waals surface area contributed by atoms with E-state index in [2.05, 4.69) is 10.1 Å². The zero-order valence-corrected chi connectivity index (χ0v) is 9.44. The first kappa shape index (κ1) is 10.9. The minimum absolute atomic E-state index is 0.314. The quantitative estimate of drug-likeness (QED) is 0.723. The second kappa shape index (κ2) is 5.50. The maximum atomic E-state index is 9.96. The fourth-order valence-electron chi connectivity index (χ4n) is 2.58. The van der Waals surface area contributed by atoms with E-state index in [1.807, 2.05) is 0 Å². The third kappa shape index (κ3) is 3.20. The second-order valence-corrected chi connectivity index (χ2v) is 4.81. The number of aliphatic hydroxyl groups excluding tert-OH is 1. The Balaban J connectivity index is 1.76. The number of hydrogen-bond acceptors (Lipinski definition) is 3. The number of aliphatic hydroxyl groups is 1. The molecule has 0 aromatic rings. The van der Waals surface area contributed by atoms with Gasteiger partial charge in [-0.15, -0.1) is 0 Å². The zero-order chi connectivity index (χ0) is 10.5. The van der Waals surface area contributed by atoms with E-state index in [4.69, 9.17) is 0 Å². The topological polar surface area (TPSA) is 35.8 Å². The monoisotopic (exact) mass is 210 g/mol. The van der Waals surface area contributed by atoms with Crippen LogP contribution in [0.4, 0.5) is 0 Å². The molecule has 2 rings (SSSR count). The van der Waals surface area contributed by atoms with Gasteiger partial charge in [0.15, 0.2) is 0 Å². The van der Waals surface area contributed by atoms with Crippen LogP contribution in [0.15, 0.2) is 5.10 Å². The highest BCUT2D eigenvalue weighted by molar-refractivity contribution is 5.62. The highest BCUT2D eigenvalue weighted by Gasteiger charge is 2.20. The van der Waals surface area contributed by atoms with Gasteiger partial charge in [0.05, 0.1) is 12.3 Å². The highest BCUT2D eigenvalue weighted by atomic mass is 16.3. The number of nitrogens with zero attached hydrogens (tertiary/aromatic N) is 2. The minimum atomic E-state index is -0.314. The molecule has 0 amide bonds. The van der Waals surface area contributed by atoms with Gasteiger partial charge in [-0.1, -0.05) is 19.3 Å². The van der Waals surface area contributed by atoms with Crippen molar-refractivity contribution in [3.8, 4) is 0 Å². The molecule has 1 heterocycles. The van der Waals surface area contributed by atoms with Crippen LogP contribution in [0.1, 0.15) is 44.9 Å². The fraction of sp³-hybridized carbons (Fsp3) is 0.917. The number of rotatable bonds is 3. The molecule has 0 spiro atoms. The average Bonchev–Trinajstić information content (AvgIpc) is 2.80. The standard InChI is InChI=1S/C12H22N2O/c15-12(11-6-2-1-3-7-11)10-13-14-8-4-5-9-14/h10-12,15H,1-9H2/b13-10+. The Hall–Kier alpha value is -0.570. The molecule has 3 heteroatoms. The van der Waals surface area contributed by atoms with Crippen molar-refractivity contribution in [3.05, 3.63) is 0 Å². The maximum absolute atomic E-state index is 9.96. The SMILES string of the molecule is OC(/C=N/N1CCCC1)C1CCCCC1. The molecular formula is C12H22N2O. The van der Waals surface area contributed by atoms with Gasteiger partial charge in [-0.05, 0) is 31.6 Å². The van der Waals surface area contributed by atoms with Crippen LogP contribution in [0.5, 0.6) is 0 Å². The number of hydrogen-bond donors (Lipinski definition) is 1. The lowest BCUT2D eigenvalue weighted by molar-refractivity contribution is 0.142. The molecule has 15 heavy (non-hydrogen) atoms. The van der Waals surface area contributed by atoms with Crippen molar-refractivity contribution >= 4 is 6.21 Å². The lowest BCUT2D eigenvalue weighted by atomic mass is 9.86. The van der Waals surface area contributed by atoms with Gasteiger partial charge >= 0.3 is 0 Å². The number of hydrazone groups is 1. The van der Waals surface area contributed by atoms with Crippen molar-refractivity contribution in [2.75, 3.05) is 13.1 Å². The Morgan fingerprint density at radius 3 is 2.40 bits per heavy atom. The second-order valence-electron chi connectivity index (χ2n) is 4.81. The summed E-state index contributed by atoms with van der Waals surface area (Å²) < 4.78 is 0. The highest BCUT2D eigenvalue weighted by Crippen LogP contribution is 2.25. The lowest BCUT2D eigenvalue weighted by Gasteiger charge is -2.24. The van der Waals surface area contributed by atoms with E-state index >= 15 is 0 Å². The van der Waals surface area contributed by atoms with Crippen LogP contribution in [0.25, 0.3) is 0 Å². The predicted octanol–water partition coefficient (Wildman–Crippen LogP) is 2.01. The van der Waals surface area contributed by atoms with Crippen LogP contribution in [0.3, 0.4) is 0 Å². The molecule has 1 atom stereocenters. The molecule has 3 nitrogen and oxygen atoms in total. The molecule has 1 unspecified atom stereocenters. The summed E-state index contributed by atoms with van der Waals surface area (Å²) in [6.07, 6.45) is 10.2. The first-order chi connectivity index (χ1) is 7.36. The Morgan fingerprint density at radius 1 is 1.07 bits per heavy atom. The van der Waals surface area contributed by atoms with Crippen molar-refractivity contribution in [2.24, 2.45) is 11.0 Å². The van der Waals surface area contributed by atoms with Crippen LogP contribution < -0.4 is 0 Å². The van der Waals surface area contributed by atoms with Gasteiger partial charge in [0, 0.05) is 13.1 Å². The van der Waals surface area contributed by atoms with E-state index in [1.54, 1.807) is 6.21 Å². The summed E-state index contributed by atoms with van der Waals surface area (Å²) in [4.78, 5) is 0. The predicted molar refractivity (Wildman–Crippen MR) is 61.9 cm³/mol. The Morgan fingerprint density at radius 2 is 1.73 bits per heavy atom. The molecule has 1 aliphatic carbocycles. The normalized spacial score (nSPS) is 26.3. The molecule has 1 N–H and O–H groups in total. The Labute approximate surface area is 92.2 Å². The Kier molecular flexibility index (Phi) is 4.01. The van der Waals surface area contributed by atoms with E-state index < -0.39 is 0 Å². The van der Waals surface area contributed by atoms with Crippen molar-refractivity contribution in [1.29, 1.82) is 0 Å². The van der Waals surface area contributed by atoms with E-state index in [-0.39, 0.29) is 6.10 Å². The molecular weight excluding hydrogens is 188 g/mol. The third-order valence-corrected chi connectivity index (χ3v) is 3.60. The molecule has 2 aliphatic rings. The smallest absolute Gasteiger partial charge is 0.0936 e.